The predicted molar refractivity (Wildman–Crippen MR) is 98.5 cm³/mol. The second-order valence-electron chi connectivity index (χ2n) is 5.79. The van der Waals surface area contributed by atoms with Crippen LogP contribution in [0.25, 0.3) is 0 Å². The Morgan fingerprint density at radius 2 is 1.81 bits per heavy atom. The van der Waals surface area contributed by atoms with Crippen molar-refractivity contribution in [2.24, 2.45) is 0 Å². The Bertz CT molecular complexity index is 1070. The fraction of sp³-hybridized carbons (Fsp3) is 0.0556. The summed E-state index contributed by atoms with van der Waals surface area (Å²) in [5.74, 6) is -0.734. The van der Waals surface area contributed by atoms with Crippen LogP contribution >= 0.6 is 0 Å². The van der Waals surface area contributed by atoms with Crippen LogP contribution in [0.15, 0.2) is 65.7 Å². The first-order chi connectivity index (χ1) is 12.5. The highest BCUT2D eigenvalue weighted by molar-refractivity contribution is 7.92. The maximum atomic E-state index is 13.0. The molecule has 3 aromatic rings. The molecule has 4 rings (SSSR count). The van der Waals surface area contributed by atoms with Gasteiger partial charge in [0.25, 0.3) is 10.0 Å². The first-order valence-corrected chi connectivity index (χ1v) is 9.37. The fourth-order valence-electron chi connectivity index (χ4n) is 2.78. The van der Waals surface area contributed by atoms with Crippen molar-refractivity contribution in [2.45, 2.75) is 11.4 Å². The Morgan fingerprint density at radius 3 is 2.58 bits per heavy atom. The second-order valence-corrected chi connectivity index (χ2v) is 7.47. The highest BCUT2D eigenvalue weighted by Gasteiger charge is 2.20. The quantitative estimate of drug-likeness (QED) is 0.613. The fourth-order valence-corrected chi connectivity index (χ4v) is 3.79. The maximum absolute atomic E-state index is 13.0. The van der Waals surface area contributed by atoms with Gasteiger partial charge in [0.1, 0.15) is 4.90 Å². The molecule has 0 fully saturated rings. The van der Waals surface area contributed by atoms with E-state index in [0.29, 0.717) is 17.9 Å². The topological polar surface area (TPSA) is 83.1 Å². The van der Waals surface area contributed by atoms with Crippen LogP contribution in [0.3, 0.4) is 0 Å². The third-order valence-corrected chi connectivity index (χ3v) is 5.41. The van der Waals surface area contributed by atoms with E-state index in [1.54, 1.807) is 12.1 Å². The summed E-state index contributed by atoms with van der Waals surface area (Å²) in [5.41, 5.74) is 3.77. The average molecular weight is 370 g/mol. The zero-order valence-corrected chi connectivity index (χ0v) is 14.3. The van der Waals surface area contributed by atoms with Gasteiger partial charge in [-0.15, -0.1) is 0 Å². The van der Waals surface area contributed by atoms with E-state index in [0.717, 1.165) is 29.2 Å². The van der Waals surface area contributed by atoms with Gasteiger partial charge >= 0.3 is 0 Å². The minimum Gasteiger partial charge on any atom is -0.379 e. The van der Waals surface area contributed by atoms with Crippen molar-refractivity contribution < 1.29 is 12.8 Å². The summed E-state index contributed by atoms with van der Waals surface area (Å²) >= 11 is 0. The minimum absolute atomic E-state index is 0.108. The van der Waals surface area contributed by atoms with Gasteiger partial charge in [0, 0.05) is 6.54 Å². The van der Waals surface area contributed by atoms with E-state index in [9.17, 15) is 12.8 Å². The molecule has 0 spiro atoms. The van der Waals surface area contributed by atoms with Gasteiger partial charge in [-0.25, -0.2) is 13.4 Å². The molecule has 1 aliphatic heterocycles. The Kier molecular flexibility index (Phi) is 3.96. The Hall–Kier alpha value is -3.13. The second kappa shape index (κ2) is 6.30. The van der Waals surface area contributed by atoms with Gasteiger partial charge in [-0.3, -0.25) is 4.72 Å². The molecule has 0 aliphatic carbocycles. The van der Waals surface area contributed by atoms with Crippen LogP contribution in [0.4, 0.5) is 27.1 Å². The molecular formula is C18H15FN4O2S. The number of benzene rings is 2. The zero-order valence-electron chi connectivity index (χ0n) is 13.5. The van der Waals surface area contributed by atoms with Crippen molar-refractivity contribution in [1.82, 2.24) is 4.98 Å². The van der Waals surface area contributed by atoms with Crippen molar-refractivity contribution >= 4 is 32.8 Å². The van der Waals surface area contributed by atoms with Crippen LogP contribution in [0.5, 0.6) is 0 Å². The van der Waals surface area contributed by atoms with Crippen molar-refractivity contribution in [3.8, 4) is 0 Å². The summed E-state index contributed by atoms with van der Waals surface area (Å²) in [7, 11) is -3.89. The average Bonchev–Trinajstić information content (AvgIpc) is 2.82. The van der Waals surface area contributed by atoms with E-state index in [2.05, 4.69) is 20.3 Å². The largest absolute Gasteiger partial charge is 0.379 e. The molecule has 0 saturated carbocycles. The lowest BCUT2D eigenvalue weighted by atomic mass is 10.1. The number of rotatable bonds is 3. The molecule has 8 heteroatoms. The van der Waals surface area contributed by atoms with Crippen LogP contribution in [0, 0.1) is 5.95 Å². The van der Waals surface area contributed by atoms with Crippen LogP contribution < -0.4 is 15.4 Å². The standard InChI is InChI=1S/C18H15FN4O2S/c19-17-9-8-13(11-21-17)26(24,25)23-16-7-3-4-12-10-20-14-5-1-2-6-15(14)22-18(12)16/h1-9,11,20,22-23H,10H2. The number of nitrogens with one attached hydrogen (secondary N) is 3. The first kappa shape index (κ1) is 16.3. The van der Waals surface area contributed by atoms with Crippen LogP contribution in [0.2, 0.25) is 0 Å². The third-order valence-electron chi connectivity index (χ3n) is 4.06. The summed E-state index contributed by atoms with van der Waals surface area (Å²) in [6.07, 6.45) is 0.990. The molecule has 3 N–H and O–H groups in total. The minimum atomic E-state index is -3.89. The molecule has 132 valence electrons. The summed E-state index contributed by atoms with van der Waals surface area (Å²) in [4.78, 5) is 3.30. The normalized spacial score (nSPS) is 12.8. The number of halogens is 1. The SMILES string of the molecule is O=S(=O)(Nc1cccc2c1Nc1ccccc1NC2)c1ccc(F)nc1. The molecule has 0 radical (unpaired) electrons. The van der Waals surface area contributed by atoms with E-state index in [-0.39, 0.29) is 4.90 Å². The number of aromatic nitrogens is 1. The molecule has 0 bridgehead atoms. The number of anilines is 4. The van der Waals surface area contributed by atoms with E-state index in [4.69, 9.17) is 0 Å². The smallest absolute Gasteiger partial charge is 0.263 e. The molecule has 6 nitrogen and oxygen atoms in total. The van der Waals surface area contributed by atoms with Crippen molar-refractivity contribution in [1.29, 1.82) is 0 Å². The predicted octanol–water partition coefficient (Wildman–Crippen LogP) is 3.69. The van der Waals surface area contributed by atoms with Gasteiger partial charge in [0.05, 0.1) is 28.9 Å². The van der Waals surface area contributed by atoms with Gasteiger partial charge in [0.15, 0.2) is 0 Å². The van der Waals surface area contributed by atoms with E-state index in [1.165, 1.54) is 6.07 Å². The van der Waals surface area contributed by atoms with Gasteiger partial charge in [0.2, 0.25) is 5.95 Å². The summed E-state index contributed by atoms with van der Waals surface area (Å²) < 4.78 is 40.8. The van der Waals surface area contributed by atoms with Crippen LogP contribution in [-0.2, 0) is 16.6 Å². The van der Waals surface area contributed by atoms with E-state index in [1.807, 2.05) is 30.3 Å². The Balaban J connectivity index is 1.72. The molecule has 2 aromatic carbocycles. The number of hydrogen-bond donors (Lipinski definition) is 3. The van der Waals surface area contributed by atoms with Crippen LogP contribution in [-0.4, -0.2) is 13.4 Å². The molecule has 2 heterocycles. The lowest BCUT2D eigenvalue weighted by Gasteiger charge is -2.16. The highest BCUT2D eigenvalue weighted by atomic mass is 32.2. The van der Waals surface area contributed by atoms with E-state index < -0.39 is 16.0 Å². The highest BCUT2D eigenvalue weighted by Crippen LogP contribution is 2.36. The molecule has 0 amide bonds. The summed E-state index contributed by atoms with van der Waals surface area (Å²) in [5, 5.41) is 6.61. The monoisotopic (exact) mass is 370 g/mol. The number of para-hydroxylation sites is 3. The maximum Gasteiger partial charge on any atom is 0.263 e. The molecule has 0 unspecified atom stereocenters. The zero-order chi connectivity index (χ0) is 18.1. The number of pyridine rings is 1. The van der Waals surface area contributed by atoms with Gasteiger partial charge in [-0.2, -0.15) is 4.39 Å². The molecule has 0 saturated heterocycles. The Morgan fingerprint density at radius 1 is 1.00 bits per heavy atom. The lowest BCUT2D eigenvalue weighted by Crippen LogP contribution is -2.15. The van der Waals surface area contributed by atoms with Crippen molar-refractivity contribution in [3.05, 3.63) is 72.3 Å². The van der Waals surface area contributed by atoms with Gasteiger partial charge in [-0.05, 0) is 35.9 Å². The Labute approximate surface area is 150 Å². The van der Waals surface area contributed by atoms with E-state index >= 15 is 0 Å². The number of nitrogens with zero attached hydrogens (tertiary/aromatic N) is 1. The third kappa shape index (κ3) is 3.06. The number of hydrogen-bond acceptors (Lipinski definition) is 5. The van der Waals surface area contributed by atoms with Gasteiger partial charge < -0.3 is 10.6 Å². The lowest BCUT2D eigenvalue weighted by molar-refractivity contribution is 0.577. The number of sulfonamides is 1. The molecule has 0 atom stereocenters. The van der Waals surface area contributed by atoms with Crippen molar-refractivity contribution in [3.63, 3.8) is 0 Å². The van der Waals surface area contributed by atoms with Crippen molar-refractivity contribution in [2.75, 3.05) is 15.4 Å². The summed E-state index contributed by atoms with van der Waals surface area (Å²) in [6, 6.07) is 15.2. The molecular weight excluding hydrogens is 355 g/mol. The molecule has 1 aliphatic rings. The number of fused-ring (bicyclic) bond motifs is 2. The molecule has 26 heavy (non-hydrogen) atoms. The van der Waals surface area contributed by atoms with Gasteiger partial charge in [-0.1, -0.05) is 24.3 Å². The van der Waals surface area contributed by atoms with Crippen LogP contribution in [0.1, 0.15) is 5.56 Å². The first-order valence-electron chi connectivity index (χ1n) is 7.89. The summed E-state index contributed by atoms with van der Waals surface area (Å²) in [6.45, 7) is 0.549. The molecule has 1 aromatic heterocycles.